The van der Waals surface area contributed by atoms with E-state index in [0.29, 0.717) is 31.2 Å². The number of hydrogen-bond donors (Lipinski definition) is 3. The zero-order valence-electron chi connectivity index (χ0n) is 11.1. The van der Waals surface area contributed by atoms with E-state index >= 15 is 0 Å². The van der Waals surface area contributed by atoms with Crippen molar-refractivity contribution in [3.63, 3.8) is 0 Å². The van der Waals surface area contributed by atoms with E-state index in [9.17, 15) is 9.59 Å². The Balaban J connectivity index is 2.12. The molecule has 0 saturated carbocycles. The highest BCUT2D eigenvalue weighted by Crippen LogP contribution is 2.23. The largest absolute Gasteiger partial charge is 0.481 e. The molecule has 1 atom stereocenters. The molecule has 1 rings (SSSR count). The highest BCUT2D eigenvalue weighted by Gasteiger charge is 2.21. The van der Waals surface area contributed by atoms with Gasteiger partial charge in [0, 0.05) is 19.4 Å². The second-order valence-corrected chi connectivity index (χ2v) is 5.12. The number of piperidine rings is 1. The Bertz CT molecular complexity index is 275. The molecule has 1 unspecified atom stereocenters. The van der Waals surface area contributed by atoms with Gasteiger partial charge in [-0.25, -0.2) is 0 Å². The Hall–Kier alpha value is -1.10. The molecule has 5 nitrogen and oxygen atoms in total. The molecule has 3 N–H and O–H groups in total. The lowest BCUT2D eigenvalue weighted by molar-refractivity contribution is -0.137. The minimum absolute atomic E-state index is 0.0476. The number of aliphatic carboxylic acids is 1. The summed E-state index contributed by atoms with van der Waals surface area (Å²) in [7, 11) is 0. The summed E-state index contributed by atoms with van der Waals surface area (Å²) in [6.07, 6.45) is 3.46. The predicted molar refractivity (Wildman–Crippen MR) is 69.3 cm³/mol. The molecule has 1 amide bonds. The smallest absolute Gasteiger partial charge is 0.303 e. The van der Waals surface area contributed by atoms with Gasteiger partial charge in [-0.15, -0.1) is 0 Å². The van der Waals surface area contributed by atoms with Crippen molar-refractivity contribution in [2.45, 2.75) is 39.0 Å². The van der Waals surface area contributed by atoms with Crippen molar-refractivity contribution in [2.24, 2.45) is 11.8 Å². The number of amides is 1. The molecule has 0 aromatic heterocycles. The Morgan fingerprint density at radius 2 is 2.06 bits per heavy atom. The first kappa shape index (κ1) is 15.0. The highest BCUT2D eigenvalue weighted by molar-refractivity contribution is 5.76. The van der Waals surface area contributed by atoms with Crippen LogP contribution in [0.3, 0.4) is 0 Å². The van der Waals surface area contributed by atoms with E-state index in [1.807, 2.05) is 0 Å². The van der Waals surface area contributed by atoms with Gasteiger partial charge in [0.1, 0.15) is 0 Å². The fourth-order valence-electron chi connectivity index (χ4n) is 2.41. The minimum atomic E-state index is -0.813. The van der Waals surface area contributed by atoms with E-state index < -0.39 is 5.97 Å². The summed E-state index contributed by atoms with van der Waals surface area (Å²) in [6, 6.07) is 0. The normalized spacial score (nSPS) is 18.3. The summed E-state index contributed by atoms with van der Waals surface area (Å²) in [4.78, 5) is 22.0. The molecule has 104 valence electrons. The summed E-state index contributed by atoms with van der Waals surface area (Å²) in [5.41, 5.74) is 0. The number of hydrogen-bond acceptors (Lipinski definition) is 3. The predicted octanol–water partition coefficient (Wildman–Crippen LogP) is 0.993. The van der Waals surface area contributed by atoms with E-state index in [0.717, 1.165) is 25.9 Å². The maximum Gasteiger partial charge on any atom is 0.303 e. The summed E-state index contributed by atoms with van der Waals surface area (Å²) in [6.45, 7) is 4.70. The van der Waals surface area contributed by atoms with Crippen LogP contribution in [0.2, 0.25) is 0 Å². The number of nitrogens with one attached hydrogen (secondary N) is 2. The van der Waals surface area contributed by atoms with E-state index in [1.54, 1.807) is 0 Å². The summed E-state index contributed by atoms with van der Waals surface area (Å²) >= 11 is 0. The molecule has 0 spiro atoms. The Kier molecular flexibility index (Phi) is 6.72. The molecule has 1 saturated heterocycles. The lowest BCUT2D eigenvalue weighted by atomic mass is 9.84. The molecule has 1 heterocycles. The SMILES string of the molecule is CC(CC(=O)NCCCC(=O)O)C1CCNCC1. The van der Waals surface area contributed by atoms with Crippen LogP contribution in [0.25, 0.3) is 0 Å². The molecular formula is C13H24N2O3. The van der Waals surface area contributed by atoms with Crippen LogP contribution >= 0.6 is 0 Å². The third kappa shape index (κ3) is 6.00. The number of carbonyl (C=O) groups is 2. The van der Waals surface area contributed by atoms with Crippen molar-refractivity contribution >= 4 is 11.9 Å². The van der Waals surface area contributed by atoms with Crippen LogP contribution < -0.4 is 10.6 Å². The van der Waals surface area contributed by atoms with Gasteiger partial charge in [0.05, 0.1) is 0 Å². The second-order valence-electron chi connectivity index (χ2n) is 5.12. The first-order chi connectivity index (χ1) is 8.59. The molecule has 0 bridgehead atoms. The minimum Gasteiger partial charge on any atom is -0.481 e. The summed E-state index contributed by atoms with van der Waals surface area (Å²) < 4.78 is 0. The molecule has 1 fully saturated rings. The lowest BCUT2D eigenvalue weighted by Gasteiger charge is -2.27. The molecule has 0 aliphatic carbocycles. The van der Waals surface area contributed by atoms with Gasteiger partial charge in [-0.3, -0.25) is 9.59 Å². The maximum atomic E-state index is 11.7. The molecule has 0 aromatic carbocycles. The van der Waals surface area contributed by atoms with E-state index in [-0.39, 0.29) is 12.3 Å². The van der Waals surface area contributed by atoms with Crippen molar-refractivity contribution in [3.8, 4) is 0 Å². The quantitative estimate of drug-likeness (QED) is 0.594. The van der Waals surface area contributed by atoms with Gasteiger partial charge in [-0.05, 0) is 44.2 Å². The average molecular weight is 256 g/mol. The zero-order chi connectivity index (χ0) is 13.4. The van der Waals surface area contributed by atoms with Crippen molar-refractivity contribution in [1.82, 2.24) is 10.6 Å². The lowest BCUT2D eigenvalue weighted by Crippen LogP contribution is -2.33. The molecular weight excluding hydrogens is 232 g/mol. The van der Waals surface area contributed by atoms with Crippen molar-refractivity contribution in [3.05, 3.63) is 0 Å². The van der Waals surface area contributed by atoms with Crippen molar-refractivity contribution in [2.75, 3.05) is 19.6 Å². The Morgan fingerprint density at radius 1 is 1.39 bits per heavy atom. The van der Waals surface area contributed by atoms with Gasteiger partial charge in [0.15, 0.2) is 0 Å². The number of rotatable bonds is 7. The van der Waals surface area contributed by atoms with Crippen LogP contribution in [0.15, 0.2) is 0 Å². The van der Waals surface area contributed by atoms with Gasteiger partial charge in [0.25, 0.3) is 0 Å². The topological polar surface area (TPSA) is 78.4 Å². The Morgan fingerprint density at radius 3 is 2.67 bits per heavy atom. The molecule has 1 aliphatic rings. The summed E-state index contributed by atoms with van der Waals surface area (Å²) in [5.74, 6) is 0.279. The first-order valence-corrected chi connectivity index (χ1v) is 6.79. The highest BCUT2D eigenvalue weighted by atomic mass is 16.4. The van der Waals surface area contributed by atoms with Crippen LogP contribution in [-0.4, -0.2) is 36.6 Å². The molecule has 1 aliphatic heterocycles. The van der Waals surface area contributed by atoms with Crippen LogP contribution in [0.4, 0.5) is 0 Å². The summed E-state index contributed by atoms with van der Waals surface area (Å²) in [5, 5.41) is 14.6. The number of carboxylic acids is 1. The third-order valence-corrected chi connectivity index (χ3v) is 3.59. The van der Waals surface area contributed by atoms with Crippen LogP contribution in [0.5, 0.6) is 0 Å². The van der Waals surface area contributed by atoms with Gasteiger partial charge in [-0.2, -0.15) is 0 Å². The molecule has 18 heavy (non-hydrogen) atoms. The fourth-order valence-corrected chi connectivity index (χ4v) is 2.41. The Labute approximate surface area is 108 Å². The number of carbonyl (C=O) groups excluding carboxylic acids is 1. The number of carboxylic acid groups (broad SMARTS) is 1. The third-order valence-electron chi connectivity index (χ3n) is 3.59. The van der Waals surface area contributed by atoms with Crippen LogP contribution in [0, 0.1) is 11.8 Å². The van der Waals surface area contributed by atoms with Gasteiger partial charge >= 0.3 is 5.97 Å². The monoisotopic (exact) mass is 256 g/mol. The second kappa shape index (κ2) is 8.08. The van der Waals surface area contributed by atoms with Crippen LogP contribution in [0.1, 0.15) is 39.0 Å². The van der Waals surface area contributed by atoms with Gasteiger partial charge in [0.2, 0.25) is 5.91 Å². The van der Waals surface area contributed by atoms with E-state index in [1.165, 1.54) is 0 Å². The van der Waals surface area contributed by atoms with Crippen LogP contribution in [-0.2, 0) is 9.59 Å². The average Bonchev–Trinajstić information content (AvgIpc) is 2.35. The maximum absolute atomic E-state index is 11.7. The fraction of sp³-hybridized carbons (Fsp3) is 0.846. The van der Waals surface area contributed by atoms with E-state index in [4.69, 9.17) is 5.11 Å². The van der Waals surface area contributed by atoms with Gasteiger partial charge < -0.3 is 15.7 Å². The van der Waals surface area contributed by atoms with Crippen molar-refractivity contribution in [1.29, 1.82) is 0 Å². The molecule has 5 heteroatoms. The molecule has 0 aromatic rings. The molecule has 0 radical (unpaired) electrons. The van der Waals surface area contributed by atoms with Gasteiger partial charge in [-0.1, -0.05) is 6.92 Å². The standard InChI is InChI=1S/C13H24N2O3/c1-10(11-4-7-14-8-5-11)9-12(16)15-6-2-3-13(17)18/h10-11,14H,2-9H2,1H3,(H,15,16)(H,17,18). The zero-order valence-corrected chi connectivity index (χ0v) is 11.1. The van der Waals surface area contributed by atoms with Crippen molar-refractivity contribution < 1.29 is 14.7 Å². The first-order valence-electron chi connectivity index (χ1n) is 6.79. The van der Waals surface area contributed by atoms with E-state index in [2.05, 4.69) is 17.6 Å².